The Morgan fingerprint density at radius 2 is 1.44 bits per heavy atom. The van der Waals surface area contributed by atoms with E-state index in [0.29, 0.717) is 23.6 Å². The Morgan fingerprint density at radius 3 is 2.03 bits per heavy atom. The summed E-state index contributed by atoms with van der Waals surface area (Å²) in [5, 5.41) is 0. The van der Waals surface area contributed by atoms with Crippen molar-refractivity contribution in [1.82, 2.24) is 0 Å². The second kappa shape index (κ2) is 10.1. The van der Waals surface area contributed by atoms with Crippen molar-refractivity contribution in [3.63, 3.8) is 0 Å². The van der Waals surface area contributed by atoms with Gasteiger partial charge in [-0.2, -0.15) is 0 Å². The van der Waals surface area contributed by atoms with Crippen molar-refractivity contribution in [3.8, 4) is 5.75 Å². The van der Waals surface area contributed by atoms with E-state index in [0.717, 1.165) is 4.31 Å². The van der Waals surface area contributed by atoms with Crippen LogP contribution < -0.4 is 9.04 Å². The minimum Gasteiger partial charge on any atom is -0.494 e. The standard InChI is InChI=1S/C24H23NO6S/c1-3-30-21-13-9-18(10-14-21)23(26)17-31-24(27)19-11-15-22(16-12-19)32(28,29)25(2)20-7-5-4-6-8-20/h4-16H,3,17H2,1-2H3. The number of sulfonamides is 1. The fourth-order valence-electron chi connectivity index (χ4n) is 2.90. The number of anilines is 1. The number of Topliss-reactive ketones (excluding diaryl/α,β-unsaturated/α-hetero) is 1. The van der Waals surface area contributed by atoms with Gasteiger partial charge in [0.05, 0.1) is 22.8 Å². The summed E-state index contributed by atoms with van der Waals surface area (Å²) < 4.78 is 37.2. The van der Waals surface area contributed by atoms with Gasteiger partial charge in [-0.3, -0.25) is 9.10 Å². The Hall–Kier alpha value is -3.65. The molecule has 0 saturated carbocycles. The molecule has 0 bridgehead atoms. The van der Waals surface area contributed by atoms with Crippen molar-refractivity contribution >= 4 is 27.5 Å². The number of benzene rings is 3. The predicted octanol–water partition coefficient (Wildman–Crippen LogP) is 3.95. The zero-order valence-electron chi connectivity index (χ0n) is 17.7. The first-order valence-electron chi connectivity index (χ1n) is 9.90. The lowest BCUT2D eigenvalue weighted by Gasteiger charge is -2.19. The molecule has 0 spiro atoms. The van der Waals surface area contributed by atoms with Crippen LogP contribution in [0.25, 0.3) is 0 Å². The lowest BCUT2D eigenvalue weighted by atomic mass is 10.1. The highest BCUT2D eigenvalue weighted by atomic mass is 32.2. The molecule has 32 heavy (non-hydrogen) atoms. The molecule has 3 aromatic rings. The van der Waals surface area contributed by atoms with Gasteiger partial charge in [0.25, 0.3) is 10.0 Å². The fraction of sp³-hybridized carbons (Fsp3) is 0.167. The van der Waals surface area contributed by atoms with Gasteiger partial charge in [0.2, 0.25) is 0 Å². The zero-order chi connectivity index (χ0) is 23.1. The van der Waals surface area contributed by atoms with E-state index in [1.54, 1.807) is 54.6 Å². The largest absolute Gasteiger partial charge is 0.494 e. The van der Waals surface area contributed by atoms with Crippen LogP contribution in [0.1, 0.15) is 27.6 Å². The molecule has 0 saturated heterocycles. The highest BCUT2D eigenvalue weighted by Gasteiger charge is 2.22. The van der Waals surface area contributed by atoms with Gasteiger partial charge in [0.15, 0.2) is 12.4 Å². The summed E-state index contributed by atoms with van der Waals surface area (Å²) in [6.07, 6.45) is 0. The van der Waals surface area contributed by atoms with E-state index in [4.69, 9.17) is 9.47 Å². The zero-order valence-corrected chi connectivity index (χ0v) is 18.5. The molecule has 0 N–H and O–H groups in total. The third kappa shape index (κ3) is 5.33. The molecule has 0 atom stereocenters. The van der Waals surface area contributed by atoms with Crippen molar-refractivity contribution < 1.29 is 27.5 Å². The highest BCUT2D eigenvalue weighted by Crippen LogP contribution is 2.22. The van der Waals surface area contributed by atoms with E-state index in [-0.39, 0.29) is 16.2 Å². The molecular formula is C24H23NO6S. The molecule has 0 heterocycles. The van der Waals surface area contributed by atoms with Gasteiger partial charge < -0.3 is 9.47 Å². The molecule has 8 heteroatoms. The minimum absolute atomic E-state index is 0.0332. The first kappa shape index (κ1) is 23.0. The summed E-state index contributed by atoms with van der Waals surface area (Å²) in [5.74, 6) is -0.427. The summed E-state index contributed by atoms with van der Waals surface area (Å²) >= 11 is 0. The Balaban J connectivity index is 1.63. The SMILES string of the molecule is CCOc1ccc(C(=O)COC(=O)c2ccc(S(=O)(=O)N(C)c3ccccc3)cc2)cc1. The maximum atomic E-state index is 12.8. The summed E-state index contributed by atoms with van der Waals surface area (Å²) in [5.41, 5.74) is 1.06. The van der Waals surface area contributed by atoms with Crippen molar-refractivity contribution in [2.45, 2.75) is 11.8 Å². The van der Waals surface area contributed by atoms with Crippen LogP contribution in [0.5, 0.6) is 5.75 Å². The van der Waals surface area contributed by atoms with Gasteiger partial charge in [0.1, 0.15) is 5.75 Å². The Kier molecular flexibility index (Phi) is 7.27. The molecule has 0 fully saturated rings. The van der Waals surface area contributed by atoms with Crippen LogP contribution in [0.15, 0.2) is 83.8 Å². The number of nitrogens with zero attached hydrogens (tertiary/aromatic N) is 1. The number of carbonyl (C=O) groups excluding carboxylic acids is 2. The van der Waals surface area contributed by atoms with Gasteiger partial charge in [-0.05, 0) is 67.6 Å². The molecule has 3 rings (SSSR count). The molecule has 0 aliphatic rings. The number of carbonyl (C=O) groups is 2. The number of hydrogen-bond donors (Lipinski definition) is 0. The fourth-order valence-corrected chi connectivity index (χ4v) is 4.09. The summed E-state index contributed by atoms with van der Waals surface area (Å²) in [6, 6.07) is 20.6. The molecule has 0 unspecified atom stereocenters. The number of ketones is 1. The maximum Gasteiger partial charge on any atom is 0.338 e. The number of esters is 1. The average Bonchev–Trinajstić information content (AvgIpc) is 2.83. The first-order chi connectivity index (χ1) is 15.3. The molecule has 0 aromatic heterocycles. The second-order valence-electron chi connectivity index (χ2n) is 6.79. The second-order valence-corrected chi connectivity index (χ2v) is 8.76. The quantitative estimate of drug-likeness (QED) is 0.360. The van der Waals surface area contributed by atoms with Gasteiger partial charge in [0, 0.05) is 12.6 Å². The van der Waals surface area contributed by atoms with E-state index >= 15 is 0 Å². The molecule has 166 valence electrons. The van der Waals surface area contributed by atoms with E-state index < -0.39 is 22.6 Å². The van der Waals surface area contributed by atoms with Gasteiger partial charge in [-0.1, -0.05) is 18.2 Å². The van der Waals surface area contributed by atoms with Crippen molar-refractivity contribution in [2.75, 3.05) is 24.6 Å². The number of para-hydroxylation sites is 1. The average molecular weight is 454 g/mol. The number of hydrogen-bond acceptors (Lipinski definition) is 6. The molecule has 0 amide bonds. The topological polar surface area (TPSA) is 90.0 Å². The number of rotatable bonds is 9. The maximum absolute atomic E-state index is 12.8. The van der Waals surface area contributed by atoms with E-state index in [1.807, 2.05) is 6.92 Å². The monoisotopic (exact) mass is 453 g/mol. The Labute approximate surface area is 187 Å². The van der Waals surface area contributed by atoms with Gasteiger partial charge in [-0.25, -0.2) is 13.2 Å². The molecule has 7 nitrogen and oxygen atoms in total. The first-order valence-corrected chi connectivity index (χ1v) is 11.3. The van der Waals surface area contributed by atoms with Crippen LogP contribution in [0.2, 0.25) is 0 Å². The van der Waals surface area contributed by atoms with Crippen LogP contribution in [-0.2, 0) is 14.8 Å². The van der Waals surface area contributed by atoms with E-state index in [2.05, 4.69) is 0 Å². The molecule has 0 aliphatic carbocycles. The Bertz CT molecular complexity index is 1170. The summed E-state index contributed by atoms with van der Waals surface area (Å²) in [7, 11) is -2.33. The molecule has 3 aromatic carbocycles. The summed E-state index contributed by atoms with van der Waals surface area (Å²) in [4.78, 5) is 24.6. The predicted molar refractivity (Wildman–Crippen MR) is 121 cm³/mol. The molecule has 0 aliphatic heterocycles. The van der Waals surface area contributed by atoms with Crippen LogP contribution in [0.4, 0.5) is 5.69 Å². The van der Waals surface area contributed by atoms with Crippen LogP contribution in [0.3, 0.4) is 0 Å². The lowest BCUT2D eigenvalue weighted by molar-refractivity contribution is 0.0474. The van der Waals surface area contributed by atoms with Crippen molar-refractivity contribution in [2.24, 2.45) is 0 Å². The Morgan fingerprint density at radius 1 is 0.844 bits per heavy atom. The highest BCUT2D eigenvalue weighted by molar-refractivity contribution is 7.92. The third-order valence-corrected chi connectivity index (χ3v) is 6.49. The molecular weight excluding hydrogens is 430 g/mol. The van der Waals surface area contributed by atoms with Crippen LogP contribution in [-0.4, -0.2) is 40.4 Å². The lowest BCUT2D eigenvalue weighted by Crippen LogP contribution is -2.26. The van der Waals surface area contributed by atoms with Crippen molar-refractivity contribution in [3.05, 3.63) is 90.0 Å². The van der Waals surface area contributed by atoms with Crippen LogP contribution in [0, 0.1) is 0 Å². The minimum atomic E-state index is -3.79. The number of ether oxygens (including phenoxy) is 2. The smallest absolute Gasteiger partial charge is 0.338 e. The van der Waals surface area contributed by atoms with Gasteiger partial charge >= 0.3 is 5.97 Å². The molecule has 0 radical (unpaired) electrons. The van der Waals surface area contributed by atoms with Crippen LogP contribution >= 0.6 is 0 Å². The third-order valence-electron chi connectivity index (χ3n) is 4.69. The van der Waals surface area contributed by atoms with E-state index in [1.165, 1.54) is 31.3 Å². The van der Waals surface area contributed by atoms with E-state index in [9.17, 15) is 18.0 Å². The van der Waals surface area contributed by atoms with Gasteiger partial charge in [-0.15, -0.1) is 0 Å². The summed E-state index contributed by atoms with van der Waals surface area (Å²) in [6.45, 7) is 1.96. The normalized spacial score (nSPS) is 10.9. The van der Waals surface area contributed by atoms with Crippen molar-refractivity contribution in [1.29, 1.82) is 0 Å².